The van der Waals surface area contributed by atoms with Crippen molar-refractivity contribution < 1.29 is 38.1 Å². The third kappa shape index (κ3) is 10.3. The molecule has 36 heavy (non-hydrogen) atoms. The molecule has 2 bridgehead atoms. The van der Waals surface area contributed by atoms with E-state index < -0.39 is 42.7 Å². The standard InChI is InChI=1S/C27H47NO8/c1-18(2)15-13-11-9-7-6-8-10-12-14-16-22(30)36-24-21-17-33-27(35-21)23(28-20(4)29)25(24)34-19(3)26(31)32-5/h18-19,21,23-25,27H,6-17H2,1-5H3,(H,28,29). The van der Waals surface area contributed by atoms with Crippen LogP contribution < -0.4 is 5.32 Å². The predicted octanol–water partition coefficient (Wildman–Crippen LogP) is 4.05. The van der Waals surface area contributed by atoms with Crippen molar-refractivity contribution in [1.29, 1.82) is 0 Å². The molecule has 2 aliphatic heterocycles. The van der Waals surface area contributed by atoms with Crippen LogP contribution in [0.3, 0.4) is 0 Å². The summed E-state index contributed by atoms with van der Waals surface area (Å²) in [4.78, 5) is 36.4. The minimum Gasteiger partial charge on any atom is -0.467 e. The van der Waals surface area contributed by atoms with Gasteiger partial charge >= 0.3 is 11.9 Å². The molecule has 6 atom stereocenters. The Hall–Kier alpha value is -1.71. The quantitative estimate of drug-likeness (QED) is 0.229. The zero-order valence-electron chi connectivity index (χ0n) is 22.8. The molecule has 0 radical (unpaired) electrons. The Bertz CT molecular complexity index is 685. The summed E-state index contributed by atoms with van der Waals surface area (Å²) in [5, 5.41) is 2.76. The van der Waals surface area contributed by atoms with Gasteiger partial charge in [-0.2, -0.15) is 0 Å². The molecule has 0 saturated carbocycles. The van der Waals surface area contributed by atoms with E-state index >= 15 is 0 Å². The van der Waals surface area contributed by atoms with Crippen LogP contribution in [0.4, 0.5) is 0 Å². The first-order valence-electron chi connectivity index (χ1n) is 13.7. The zero-order chi connectivity index (χ0) is 26.5. The van der Waals surface area contributed by atoms with Crippen molar-refractivity contribution >= 4 is 17.8 Å². The van der Waals surface area contributed by atoms with E-state index in [2.05, 4.69) is 19.2 Å². The fourth-order valence-corrected chi connectivity index (χ4v) is 4.79. The van der Waals surface area contributed by atoms with Crippen LogP contribution in [-0.2, 0) is 38.1 Å². The number of ether oxygens (including phenoxy) is 5. The van der Waals surface area contributed by atoms with E-state index in [9.17, 15) is 14.4 Å². The zero-order valence-corrected chi connectivity index (χ0v) is 22.8. The van der Waals surface area contributed by atoms with E-state index in [-0.39, 0.29) is 18.5 Å². The molecule has 9 nitrogen and oxygen atoms in total. The molecule has 2 saturated heterocycles. The lowest BCUT2D eigenvalue weighted by Gasteiger charge is -2.41. The summed E-state index contributed by atoms with van der Waals surface area (Å²) in [5.41, 5.74) is 0. The van der Waals surface area contributed by atoms with Crippen LogP contribution in [-0.4, -0.2) is 68.3 Å². The highest BCUT2D eigenvalue weighted by atomic mass is 16.7. The number of carbonyl (C=O) groups excluding carboxylic acids is 3. The maximum absolute atomic E-state index is 12.7. The molecular weight excluding hydrogens is 466 g/mol. The van der Waals surface area contributed by atoms with Gasteiger partial charge < -0.3 is 29.0 Å². The number of carbonyl (C=O) groups is 3. The van der Waals surface area contributed by atoms with Crippen molar-refractivity contribution in [3.8, 4) is 0 Å². The number of unbranched alkanes of at least 4 members (excludes halogenated alkanes) is 8. The van der Waals surface area contributed by atoms with E-state index in [1.807, 2.05) is 0 Å². The van der Waals surface area contributed by atoms with Gasteiger partial charge in [0.1, 0.15) is 18.2 Å². The highest BCUT2D eigenvalue weighted by Crippen LogP contribution is 2.33. The molecule has 2 heterocycles. The third-order valence-electron chi connectivity index (χ3n) is 6.77. The monoisotopic (exact) mass is 513 g/mol. The summed E-state index contributed by atoms with van der Waals surface area (Å²) in [6, 6.07) is -0.725. The van der Waals surface area contributed by atoms with E-state index in [0.29, 0.717) is 6.42 Å². The van der Waals surface area contributed by atoms with E-state index in [1.165, 1.54) is 59.0 Å². The number of esters is 2. The van der Waals surface area contributed by atoms with Gasteiger partial charge in [-0.05, 0) is 19.3 Å². The van der Waals surface area contributed by atoms with Crippen molar-refractivity contribution in [2.45, 2.75) is 135 Å². The number of nitrogens with one attached hydrogen (secondary N) is 1. The molecule has 1 N–H and O–H groups in total. The molecule has 2 aliphatic rings. The summed E-state index contributed by atoms with van der Waals surface area (Å²) >= 11 is 0. The Balaban J connectivity index is 1.76. The van der Waals surface area contributed by atoms with Crippen molar-refractivity contribution in [3.63, 3.8) is 0 Å². The van der Waals surface area contributed by atoms with E-state index in [0.717, 1.165) is 25.2 Å². The third-order valence-corrected chi connectivity index (χ3v) is 6.77. The van der Waals surface area contributed by atoms with Crippen LogP contribution in [0, 0.1) is 5.92 Å². The van der Waals surface area contributed by atoms with Gasteiger partial charge in [0.05, 0.1) is 13.7 Å². The van der Waals surface area contributed by atoms with Crippen molar-refractivity contribution in [2.24, 2.45) is 5.92 Å². The van der Waals surface area contributed by atoms with Crippen LogP contribution in [0.2, 0.25) is 0 Å². The molecule has 0 aromatic rings. The number of hydrogen-bond donors (Lipinski definition) is 1. The van der Waals surface area contributed by atoms with Gasteiger partial charge in [-0.25, -0.2) is 4.79 Å². The number of fused-ring (bicyclic) bond motifs is 2. The minimum atomic E-state index is -0.912. The Labute approximate surface area is 216 Å². The van der Waals surface area contributed by atoms with Crippen LogP contribution >= 0.6 is 0 Å². The van der Waals surface area contributed by atoms with Crippen molar-refractivity contribution in [2.75, 3.05) is 13.7 Å². The van der Waals surface area contributed by atoms with Crippen molar-refractivity contribution in [3.05, 3.63) is 0 Å². The lowest BCUT2D eigenvalue weighted by Crippen LogP contribution is -2.63. The molecular formula is C27H47NO8. The summed E-state index contributed by atoms with van der Waals surface area (Å²) in [6.07, 6.45) is 8.36. The number of methoxy groups -OCH3 is 1. The molecule has 1 amide bonds. The second kappa shape index (κ2) is 16.2. The first kappa shape index (κ1) is 30.5. The summed E-state index contributed by atoms with van der Waals surface area (Å²) < 4.78 is 28.0. The van der Waals surface area contributed by atoms with Gasteiger partial charge in [-0.15, -0.1) is 0 Å². The molecule has 6 unspecified atom stereocenters. The molecule has 0 spiro atoms. The predicted molar refractivity (Wildman–Crippen MR) is 134 cm³/mol. The molecule has 208 valence electrons. The fourth-order valence-electron chi connectivity index (χ4n) is 4.79. The average molecular weight is 514 g/mol. The molecule has 0 aromatic carbocycles. The first-order valence-corrected chi connectivity index (χ1v) is 13.7. The van der Waals surface area contributed by atoms with E-state index in [1.54, 1.807) is 6.92 Å². The van der Waals surface area contributed by atoms with Crippen molar-refractivity contribution in [1.82, 2.24) is 5.32 Å². The minimum absolute atomic E-state index is 0.211. The van der Waals surface area contributed by atoms with Gasteiger partial charge in [-0.1, -0.05) is 71.6 Å². The summed E-state index contributed by atoms with van der Waals surface area (Å²) in [7, 11) is 1.27. The van der Waals surface area contributed by atoms with Crippen LogP contribution in [0.5, 0.6) is 0 Å². The Morgan fingerprint density at radius 2 is 1.53 bits per heavy atom. The lowest BCUT2D eigenvalue weighted by atomic mass is 9.97. The maximum atomic E-state index is 12.7. The average Bonchev–Trinajstić information content (AvgIpc) is 3.27. The Kier molecular flexibility index (Phi) is 13.7. The van der Waals surface area contributed by atoms with Gasteiger partial charge in [0.25, 0.3) is 0 Å². The topological polar surface area (TPSA) is 109 Å². The van der Waals surface area contributed by atoms with Crippen LogP contribution in [0.25, 0.3) is 0 Å². The normalized spacial score (nSPS) is 26.0. The summed E-state index contributed by atoms with van der Waals surface area (Å²) in [6.45, 7) is 7.69. The lowest BCUT2D eigenvalue weighted by molar-refractivity contribution is -0.224. The number of hydrogen-bond acceptors (Lipinski definition) is 8. The number of rotatable bonds is 17. The highest BCUT2D eigenvalue weighted by molar-refractivity contribution is 5.74. The maximum Gasteiger partial charge on any atom is 0.334 e. The van der Waals surface area contributed by atoms with Gasteiger partial charge in [0, 0.05) is 13.3 Å². The van der Waals surface area contributed by atoms with Crippen LogP contribution in [0.15, 0.2) is 0 Å². The molecule has 9 heteroatoms. The molecule has 2 fully saturated rings. The smallest absolute Gasteiger partial charge is 0.334 e. The highest BCUT2D eigenvalue weighted by Gasteiger charge is 2.54. The number of amides is 1. The van der Waals surface area contributed by atoms with Gasteiger partial charge in [-0.3, -0.25) is 9.59 Å². The second-order valence-electron chi connectivity index (χ2n) is 10.4. The largest absolute Gasteiger partial charge is 0.467 e. The fraction of sp³-hybridized carbons (Fsp3) is 0.889. The first-order chi connectivity index (χ1) is 17.2. The second-order valence-corrected chi connectivity index (χ2v) is 10.4. The van der Waals surface area contributed by atoms with Gasteiger partial charge in [0.2, 0.25) is 5.91 Å². The molecule has 2 rings (SSSR count). The van der Waals surface area contributed by atoms with E-state index in [4.69, 9.17) is 23.7 Å². The summed E-state index contributed by atoms with van der Waals surface area (Å²) in [5.74, 6) is -0.416. The van der Waals surface area contributed by atoms with Gasteiger partial charge in [0.15, 0.2) is 18.5 Å². The molecule has 0 aliphatic carbocycles. The SMILES string of the molecule is COC(=O)C(C)OC1C(NC(C)=O)C2OCC(O2)C1OC(=O)CCCCCCCCCCCC(C)C. The Morgan fingerprint density at radius 1 is 0.917 bits per heavy atom. The Morgan fingerprint density at radius 3 is 2.11 bits per heavy atom. The molecule has 0 aromatic heterocycles. The van der Waals surface area contributed by atoms with Crippen LogP contribution in [0.1, 0.15) is 98.3 Å².